The first-order valence-corrected chi connectivity index (χ1v) is 5.24. The van der Waals surface area contributed by atoms with Gasteiger partial charge in [0.2, 0.25) is 0 Å². The van der Waals surface area contributed by atoms with Gasteiger partial charge < -0.3 is 18.9 Å². The fraction of sp³-hybridized carbons (Fsp3) is 0.250. The van der Waals surface area contributed by atoms with Gasteiger partial charge in [-0.2, -0.15) is 0 Å². The van der Waals surface area contributed by atoms with E-state index in [1.165, 1.54) is 0 Å². The maximum absolute atomic E-state index is 10.1. The van der Waals surface area contributed by atoms with Crippen LogP contribution in [-0.2, 0) is 15.5 Å². The second-order valence-corrected chi connectivity index (χ2v) is 3.67. The Morgan fingerprint density at radius 2 is 1.67 bits per heavy atom. The van der Waals surface area contributed by atoms with Gasteiger partial charge in [0, 0.05) is 0 Å². The summed E-state index contributed by atoms with van der Waals surface area (Å²) in [7, 11) is -4.80. The van der Waals surface area contributed by atoms with Crippen molar-refractivity contribution in [2.75, 3.05) is 6.61 Å². The van der Waals surface area contributed by atoms with Crippen molar-refractivity contribution in [2.24, 2.45) is 0 Å². The zero-order valence-corrected chi connectivity index (χ0v) is 13.8. The molecule has 0 radical (unpaired) electrons. The molecule has 0 aliphatic carbocycles. The van der Waals surface area contributed by atoms with Gasteiger partial charge in [0.1, 0.15) is 0 Å². The van der Waals surface area contributed by atoms with Crippen LogP contribution < -0.4 is 68.9 Å². The van der Waals surface area contributed by atoms with Gasteiger partial charge in [0.05, 0.1) is 14.4 Å². The van der Waals surface area contributed by atoms with Gasteiger partial charge in [-0.3, -0.25) is 0 Å². The summed E-state index contributed by atoms with van der Waals surface area (Å²) in [6, 6.07) is 9.21. The molecular formula is C8H9Na2O4P. The van der Waals surface area contributed by atoms with Crippen LogP contribution >= 0.6 is 7.82 Å². The summed E-state index contributed by atoms with van der Waals surface area (Å²) < 4.78 is 14.1. The fourth-order valence-corrected chi connectivity index (χ4v) is 1.23. The molecule has 1 rings (SSSR count). The average Bonchev–Trinajstić information content (AvgIpc) is 2.04. The van der Waals surface area contributed by atoms with Crippen LogP contribution in [0.15, 0.2) is 30.3 Å². The Hall–Kier alpha value is 1.33. The average molecular weight is 248 g/mol. The number of phosphoric ester groups is 1. The summed E-state index contributed by atoms with van der Waals surface area (Å²) >= 11 is 0. The summed E-state index contributed by atoms with van der Waals surface area (Å²) in [6.45, 7) is -0.0890. The van der Waals surface area contributed by atoms with Gasteiger partial charge in [-0.15, -0.1) is 0 Å². The SMILES string of the molecule is O=P([O-])([O-])[18O]CCc1ccccc1.[Na+].[Na+]. The minimum Gasteiger partial charge on any atom is -0.790 e. The van der Waals surface area contributed by atoms with E-state index in [0.29, 0.717) is 6.42 Å². The number of hydrogen-bond donors (Lipinski definition) is 0. The summed E-state index contributed by atoms with van der Waals surface area (Å²) in [5.41, 5.74) is 0.941. The summed E-state index contributed by atoms with van der Waals surface area (Å²) in [4.78, 5) is 20.1. The molecule has 0 N–H and O–H groups in total. The van der Waals surface area contributed by atoms with Crippen LogP contribution in [0.25, 0.3) is 0 Å². The molecule has 1 aromatic rings. The molecular weight excluding hydrogens is 239 g/mol. The standard InChI is InChI=1S/C8H11O4P.2Na/c9-13(10,11)12-7-6-8-4-2-1-3-5-8;;/h1-5H,6-7H2,(H2,9,10,11);;/q;2*+1/p-2/i12+2;;. The third kappa shape index (κ3) is 10.2. The molecule has 7 heteroatoms. The Labute approximate surface area is 133 Å². The van der Waals surface area contributed by atoms with Crippen molar-refractivity contribution >= 4 is 7.82 Å². The predicted molar refractivity (Wildman–Crippen MR) is 43.7 cm³/mol. The van der Waals surface area contributed by atoms with Crippen molar-refractivity contribution in [3.8, 4) is 0 Å². The molecule has 0 saturated heterocycles. The molecule has 0 atom stereocenters. The molecule has 0 spiro atoms. The zero-order valence-electron chi connectivity index (χ0n) is 8.88. The zero-order chi connectivity index (χ0) is 9.73. The van der Waals surface area contributed by atoms with E-state index >= 15 is 0 Å². The van der Waals surface area contributed by atoms with Crippen LogP contribution in [0.2, 0.25) is 0 Å². The first-order chi connectivity index (χ1) is 6.08. The Morgan fingerprint density at radius 1 is 1.13 bits per heavy atom. The third-order valence-corrected chi connectivity index (χ3v) is 1.98. The van der Waals surface area contributed by atoms with E-state index in [4.69, 9.17) is 0 Å². The van der Waals surface area contributed by atoms with Gasteiger partial charge >= 0.3 is 59.1 Å². The number of phosphoric acid groups is 1. The Kier molecular flexibility index (Phi) is 11.7. The molecule has 4 nitrogen and oxygen atoms in total. The van der Waals surface area contributed by atoms with Crippen molar-refractivity contribution in [3.05, 3.63) is 35.9 Å². The molecule has 0 aliphatic rings. The quantitative estimate of drug-likeness (QED) is 0.302. The molecule has 0 saturated carbocycles. The van der Waals surface area contributed by atoms with Crippen LogP contribution in [0.1, 0.15) is 5.56 Å². The van der Waals surface area contributed by atoms with E-state index in [-0.39, 0.29) is 65.7 Å². The van der Waals surface area contributed by atoms with E-state index in [1.54, 1.807) is 0 Å². The van der Waals surface area contributed by atoms with Gasteiger partial charge in [0.15, 0.2) is 0 Å². The molecule has 0 aliphatic heterocycles. The summed E-state index contributed by atoms with van der Waals surface area (Å²) in [6.07, 6.45) is 0.426. The summed E-state index contributed by atoms with van der Waals surface area (Å²) in [5.74, 6) is 0. The topological polar surface area (TPSA) is 72.4 Å². The maximum Gasteiger partial charge on any atom is 1.00 e. The van der Waals surface area contributed by atoms with Crippen molar-refractivity contribution in [3.63, 3.8) is 0 Å². The number of rotatable bonds is 4. The second-order valence-electron chi connectivity index (χ2n) is 2.52. The van der Waals surface area contributed by atoms with E-state index in [9.17, 15) is 14.4 Å². The minimum absolute atomic E-state index is 0. The molecule has 0 heterocycles. The molecule has 0 bridgehead atoms. The molecule has 72 valence electrons. The number of hydrogen-bond acceptors (Lipinski definition) is 4. The maximum atomic E-state index is 10.1. The van der Waals surface area contributed by atoms with E-state index in [2.05, 4.69) is 4.52 Å². The van der Waals surface area contributed by atoms with Crippen LogP contribution in [0.4, 0.5) is 0 Å². The van der Waals surface area contributed by atoms with Crippen LogP contribution in [0.3, 0.4) is 0 Å². The molecule has 0 fully saturated rings. The van der Waals surface area contributed by atoms with E-state index < -0.39 is 7.82 Å². The molecule has 0 amide bonds. The van der Waals surface area contributed by atoms with Crippen molar-refractivity contribution in [2.45, 2.75) is 6.42 Å². The Bertz CT molecular complexity index is 301. The van der Waals surface area contributed by atoms with Crippen molar-refractivity contribution in [1.82, 2.24) is 0 Å². The smallest absolute Gasteiger partial charge is 0.790 e. The van der Waals surface area contributed by atoms with Gasteiger partial charge in [-0.1, -0.05) is 30.3 Å². The normalized spacial score (nSPS) is 10.0. The Balaban J connectivity index is 0. The van der Waals surface area contributed by atoms with E-state index in [1.807, 2.05) is 30.3 Å². The van der Waals surface area contributed by atoms with E-state index in [0.717, 1.165) is 5.56 Å². The Morgan fingerprint density at radius 3 is 2.13 bits per heavy atom. The second kappa shape index (κ2) is 9.37. The first-order valence-electron chi connectivity index (χ1n) is 3.78. The number of benzene rings is 1. The van der Waals surface area contributed by atoms with Gasteiger partial charge in [-0.25, -0.2) is 0 Å². The fourth-order valence-electron chi connectivity index (χ4n) is 0.920. The molecule has 0 aromatic heterocycles. The molecule has 15 heavy (non-hydrogen) atoms. The summed E-state index contributed by atoms with van der Waals surface area (Å²) in [5, 5.41) is 0. The van der Waals surface area contributed by atoms with Gasteiger partial charge in [0.25, 0.3) is 0 Å². The van der Waals surface area contributed by atoms with Crippen LogP contribution in [0.5, 0.6) is 0 Å². The van der Waals surface area contributed by atoms with Crippen molar-refractivity contribution in [1.29, 1.82) is 0 Å². The predicted octanol–water partition coefficient (Wildman–Crippen LogP) is -5.92. The van der Waals surface area contributed by atoms with Crippen LogP contribution in [-0.4, -0.2) is 6.61 Å². The molecule has 1 aromatic carbocycles. The minimum atomic E-state index is -4.80. The van der Waals surface area contributed by atoms with Crippen LogP contribution in [0, 0.1) is 0 Å². The molecule has 0 unspecified atom stereocenters. The first kappa shape index (κ1) is 18.7. The largest absolute Gasteiger partial charge is 1.00 e. The third-order valence-electron chi connectivity index (χ3n) is 1.48. The van der Waals surface area contributed by atoms with Gasteiger partial charge in [-0.05, 0) is 12.0 Å². The van der Waals surface area contributed by atoms with Crippen molar-refractivity contribution < 1.29 is 78.0 Å². The monoisotopic (exact) mass is 248 g/mol.